The average molecular weight is 184 g/mol. The van der Waals surface area contributed by atoms with Crippen molar-refractivity contribution in [3.8, 4) is 0 Å². The third-order valence-corrected chi connectivity index (χ3v) is 2.41. The maximum absolute atomic E-state index is 11.3. The quantitative estimate of drug-likeness (QED) is 0.781. The average Bonchev–Trinajstić information content (AvgIpc) is 2.55. The lowest BCUT2D eigenvalue weighted by Crippen LogP contribution is -2.19. The van der Waals surface area contributed by atoms with Crippen molar-refractivity contribution in [3.05, 3.63) is 11.6 Å². The van der Waals surface area contributed by atoms with Crippen LogP contribution in [0.3, 0.4) is 0 Å². The van der Waals surface area contributed by atoms with E-state index in [2.05, 4.69) is 10.3 Å². The highest BCUT2D eigenvalue weighted by atomic mass is 32.1. The number of nitrogens with one attached hydrogen (secondary N) is 1. The second kappa shape index (κ2) is 4.21. The van der Waals surface area contributed by atoms with Crippen molar-refractivity contribution in [2.45, 2.75) is 20.3 Å². The zero-order chi connectivity index (χ0) is 8.97. The SMILES string of the molecule is CC[C@@H](C)C(=O)Nc1nccs1. The first-order valence-electron chi connectivity index (χ1n) is 3.94. The first-order valence-corrected chi connectivity index (χ1v) is 4.82. The number of thiazole rings is 1. The fraction of sp³-hybridized carbons (Fsp3) is 0.500. The lowest BCUT2D eigenvalue weighted by atomic mass is 10.1. The van der Waals surface area contributed by atoms with Gasteiger partial charge in [0.05, 0.1) is 0 Å². The Labute approximate surface area is 75.8 Å². The van der Waals surface area contributed by atoms with Crippen molar-refractivity contribution in [1.29, 1.82) is 0 Å². The molecule has 1 rings (SSSR count). The molecule has 1 N–H and O–H groups in total. The molecule has 1 amide bonds. The van der Waals surface area contributed by atoms with Gasteiger partial charge in [-0.3, -0.25) is 4.79 Å². The highest BCUT2D eigenvalue weighted by molar-refractivity contribution is 7.13. The van der Waals surface area contributed by atoms with Gasteiger partial charge >= 0.3 is 0 Å². The predicted octanol–water partition coefficient (Wildman–Crippen LogP) is 2.13. The van der Waals surface area contributed by atoms with Crippen LogP contribution < -0.4 is 5.32 Å². The van der Waals surface area contributed by atoms with Gasteiger partial charge in [0.15, 0.2) is 5.13 Å². The lowest BCUT2D eigenvalue weighted by molar-refractivity contribution is -0.119. The monoisotopic (exact) mass is 184 g/mol. The van der Waals surface area contributed by atoms with Gasteiger partial charge in [-0.05, 0) is 6.42 Å². The number of anilines is 1. The van der Waals surface area contributed by atoms with Gasteiger partial charge < -0.3 is 5.32 Å². The summed E-state index contributed by atoms with van der Waals surface area (Å²) in [5.74, 6) is 0.112. The van der Waals surface area contributed by atoms with E-state index in [-0.39, 0.29) is 11.8 Å². The minimum atomic E-state index is 0.0486. The maximum Gasteiger partial charge on any atom is 0.228 e. The van der Waals surface area contributed by atoms with Crippen molar-refractivity contribution in [2.24, 2.45) is 5.92 Å². The van der Waals surface area contributed by atoms with Crippen LogP contribution in [0.2, 0.25) is 0 Å². The van der Waals surface area contributed by atoms with E-state index in [1.54, 1.807) is 6.20 Å². The van der Waals surface area contributed by atoms with Gasteiger partial charge in [0.25, 0.3) is 0 Å². The normalized spacial score (nSPS) is 12.5. The van der Waals surface area contributed by atoms with Crippen LogP contribution in [0.4, 0.5) is 5.13 Å². The van der Waals surface area contributed by atoms with E-state index < -0.39 is 0 Å². The zero-order valence-electron chi connectivity index (χ0n) is 7.20. The van der Waals surface area contributed by atoms with E-state index in [4.69, 9.17) is 0 Å². The topological polar surface area (TPSA) is 42.0 Å². The molecule has 0 saturated heterocycles. The smallest absolute Gasteiger partial charge is 0.228 e. The summed E-state index contributed by atoms with van der Waals surface area (Å²) in [7, 11) is 0. The summed E-state index contributed by atoms with van der Waals surface area (Å²) in [5, 5.41) is 5.26. The van der Waals surface area contributed by atoms with E-state index in [0.29, 0.717) is 5.13 Å². The lowest BCUT2D eigenvalue weighted by Gasteiger charge is -2.06. The number of hydrogen-bond donors (Lipinski definition) is 1. The highest BCUT2D eigenvalue weighted by Crippen LogP contribution is 2.12. The van der Waals surface area contributed by atoms with Gasteiger partial charge in [-0.1, -0.05) is 13.8 Å². The standard InChI is InChI=1S/C8H12N2OS/c1-3-6(2)7(11)10-8-9-4-5-12-8/h4-6H,3H2,1-2H3,(H,9,10,11)/t6-/m1/s1. The first kappa shape index (κ1) is 9.19. The second-order valence-corrected chi connectivity index (χ2v) is 3.53. The third kappa shape index (κ3) is 2.30. The van der Waals surface area contributed by atoms with Crippen molar-refractivity contribution in [2.75, 3.05) is 5.32 Å². The van der Waals surface area contributed by atoms with Crippen LogP contribution >= 0.6 is 11.3 Å². The molecule has 0 aromatic carbocycles. The third-order valence-electron chi connectivity index (χ3n) is 1.72. The fourth-order valence-corrected chi connectivity index (χ4v) is 1.23. The van der Waals surface area contributed by atoms with Crippen LogP contribution in [0.1, 0.15) is 20.3 Å². The summed E-state index contributed by atoms with van der Waals surface area (Å²) in [6, 6.07) is 0. The van der Waals surface area contributed by atoms with Crippen LogP contribution in [0, 0.1) is 5.92 Å². The predicted molar refractivity (Wildman–Crippen MR) is 50.2 cm³/mol. The number of carbonyl (C=O) groups is 1. The molecule has 0 unspecified atom stereocenters. The number of hydrogen-bond acceptors (Lipinski definition) is 3. The summed E-state index contributed by atoms with van der Waals surface area (Å²) in [5.41, 5.74) is 0. The van der Waals surface area contributed by atoms with Crippen LogP contribution in [0.25, 0.3) is 0 Å². The van der Waals surface area contributed by atoms with Crippen LogP contribution in [-0.4, -0.2) is 10.9 Å². The molecule has 3 nitrogen and oxygen atoms in total. The fourth-order valence-electron chi connectivity index (χ4n) is 0.699. The molecule has 0 aliphatic rings. The molecule has 4 heteroatoms. The molecule has 1 aromatic rings. The number of carbonyl (C=O) groups excluding carboxylic acids is 1. The minimum Gasteiger partial charge on any atom is -0.302 e. The Morgan fingerprint density at radius 1 is 1.83 bits per heavy atom. The molecule has 0 radical (unpaired) electrons. The largest absolute Gasteiger partial charge is 0.302 e. The summed E-state index contributed by atoms with van der Waals surface area (Å²) < 4.78 is 0. The Morgan fingerprint density at radius 3 is 3.08 bits per heavy atom. The van der Waals surface area contributed by atoms with Crippen molar-refractivity contribution < 1.29 is 4.79 Å². The molecular formula is C8H12N2OS. The van der Waals surface area contributed by atoms with E-state index in [1.165, 1.54) is 11.3 Å². The summed E-state index contributed by atoms with van der Waals surface area (Å²) >= 11 is 1.44. The molecule has 0 spiro atoms. The molecule has 0 aliphatic heterocycles. The number of amides is 1. The summed E-state index contributed by atoms with van der Waals surface area (Å²) in [6.07, 6.45) is 2.54. The maximum atomic E-state index is 11.3. The van der Waals surface area contributed by atoms with Crippen molar-refractivity contribution >= 4 is 22.4 Å². The summed E-state index contributed by atoms with van der Waals surface area (Å²) in [6.45, 7) is 3.90. The molecule has 1 atom stereocenters. The Morgan fingerprint density at radius 2 is 2.58 bits per heavy atom. The Bertz CT molecular complexity index is 246. The molecule has 0 aliphatic carbocycles. The van der Waals surface area contributed by atoms with Crippen LogP contribution in [-0.2, 0) is 4.79 Å². The number of rotatable bonds is 3. The van der Waals surface area contributed by atoms with Crippen LogP contribution in [0.5, 0.6) is 0 Å². The Kier molecular flexibility index (Phi) is 3.22. The van der Waals surface area contributed by atoms with Crippen molar-refractivity contribution in [1.82, 2.24) is 4.98 Å². The Balaban J connectivity index is 2.47. The van der Waals surface area contributed by atoms with Gasteiger partial charge in [-0.15, -0.1) is 11.3 Å². The number of nitrogens with zero attached hydrogens (tertiary/aromatic N) is 1. The van der Waals surface area contributed by atoms with E-state index in [0.717, 1.165) is 6.42 Å². The zero-order valence-corrected chi connectivity index (χ0v) is 8.02. The highest BCUT2D eigenvalue weighted by Gasteiger charge is 2.10. The molecule has 0 fully saturated rings. The van der Waals surface area contributed by atoms with E-state index in [9.17, 15) is 4.79 Å². The second-order valence-electron chi connectivity index (χ2n) is 2.64. The van der Waals surface area contributed by atoms with Gasteiger partial charge in [0.2, 0.25) is 5.91 Å². The Hall–Kier alpha value is -0.900. The molecule has 0 saturated carbocycles. The molecule has 0 bridgehead atoms. The van der Waals surface area contributed by atoms with Gasteiger partial charge in [0, 0.05) is 17.5 Å². The molecular weight excluding hydrogens is 172 g/mol. The van der Waals surface area contributed by atoms with E-state index >= 15 is 0 Å². The first-order chi connectivity index (χ1) is 5.74. The molecule has 1 aromatic heterocycles. The van der Waals surface area contributed by atoms with E-state index in [1.807, 2.05) is 19.2 Å². The number of aromatic nitrogens is 1. The van der Waals surface area contributed by atoms with Gasteiger partial charge in [-0.2, -0.15) is 0 Å². The van der Waals surface area contributed by atoms with Gasteiger partial charge in [0.1, 0.15) is 0 Å². The minimum absolute atomic E-state index is 0.0486. The summed E-state index contributed by atoms with van der Waals surface area (Å²) in [4.78, 5) is 15.3. The van der Waals surface area contributed by atoms with Crippen molar-refractivity contribution in [3.63, 3.8) is 0 Å². The molecule has 66 valence electrons. The van der Waals surface area contributed by atoms with Crippen LogP contribution in [0.15, 0.2) is 11.6 Å². The molecule has 1 heterocycles. The van der Waals surface area contributed by atoms with Gasteiger partial charge in [-0.25, -0.2) is 4.98 Å². The molecule has 12 heavy (non-hydrogen) atoms.